The molecule has 0 saturated carbocycles. The molecule has 0 N–H and O–H groups in total. The normalized spacial score (nSPS) is 24.9. The Kier molecular flexibility index (Phi) is 2.07. The molecule has 1 atom stereocenters. The van der Waals surface area contributed by atoms with Gasteiger partial charge in [0, 0.05) is 10.4 Å². The molecule has 0 aromatic heterocycles. The van der Waals surface area contributed by atoms with Crippen LogP contribution in [-0.4, -0.2) is 4.83 Å². The molecule has 0 radical (unpaired) electrons. The van der Waals surface area contributed by atoms with Gasteiger partial charge in [-0.1, -0.05) is 28.1 Å². The van der Waals surface area contributed by atoms with Crippen LogP contribution in [0.5, 0.6) is 0 Å². The fourth-order valence-corrected chi connectivity index (χ4v) is 1.02. The Morgan fingerprint density at radius 2 is 2.56 bits per heavy atom. The molecule has 1 nitrogen and oxygen atoms in total. The first-order chi connectivity index (χ1) is 4.33. The van der Waals surface area contributed by atoms with Crippen LogP contribution in [0.25, 0.3) is 0 Å². The highest BCUT2D eigenvalue weighted by atomic mass is 79.9. The summed E-state index contributed by atoms with van der Waals surface area (Å²) in [5.41, 5.74) is 0.769. The summed E-state index contributed by atoms with van der Waals surface area (Å²) in [7, 11) is 0. The first kappa shape index (κ1) is 6.57. The Morgan fingerprint density at radius 3 is 3.00 bits per heavy atom. The van der Waals surface area contributed by atoms with Crippen molar-refractivity contribution >= 4 is 15.9 Å². The summed E-state index contributed by atoms with van der Waals surface area (Å²) in [5, 5.41) is 8.39. The Balaban J connectivity index is 2.66. The van der Waals surface area contributed by atoms with E-state index in [9.17, 15) is 0 Å². The zero-order valence-corrected chi connectivity index (χ0v) is 6.43. The molecule has 0 bridgehead atoms. The molecule has 1 unspecified atom stereocenters. The number of nitriles is 1. The second-order valence-electron chi connectivity index (χ2n) is 1.88. The van der Waals surface area contributed by atoms with E-state index in [2.05, 4.69) is 22.0 Å². The van der Waals surface area contributed by atoms with Gasteiger partial charge in [0.25, 0.3) is 0 Å². The fourth-order valence-electron chi connectivity index (χ4n) is 0.677. The summed E-state index contributed by atoms with van der Waals surface area (Å²) in [6, 6.07) is 2.08. The number of allylic oxidation sites excluding steroid dienone is 4. The maximum Gasteiger partial charge on any atom is 0.0988 e. The Labute approximate surface area is 62.8 Å². The van der Waals surface area contributed by atoms with E-state index in [0.29, 0.717) is 4.83 Å². The number of halogens is 1. The lowest BCUT2D eigenvalue weighted by molar-refractivity contribution is 1.06. The van der Waals surface area contributed by atoms with E-state index < -0.39 is 0 Å². The van der Waals surface area contributed by atoms with Crippen LogP contribution in [0.3, 0.4) is 0 Å². The fraction of sp³-hybridized carbons (Fsp3) is 0.286. The molecule has 0 aliphatic heterocycles. The average molecular weight is 184 g/mol. The standard InChI is InChI=1S/C7H6BrN/c8-7-3-1-6(5-9)2-4-7/h1-3,7H,4H2. The van der Waals surface area contributed by atoms with Gasteiger partial charge in [-0.15, -0.1) is 0 Å². The van der Waals surface area contributed by atoms with Crippen LogP contribution in [-0.2, 0) is 0 Å². The molecule has 46 valence electrons. The van der Waals surface area contributed by atoms with Crippen molar-refractivity contribution in [3.05, 3.63) is 23.8 Å². The topological polar surface area (TPSA) is 23.8 Å². The molecule has 9 heavy (non-hydrogen) atoms. The minimum atomic E-state index is 0.426. The molecule has 1 aliphatic rings. The molecule has 2 heteroatoms. The summed E-state index contributed by atoms with van der Waals surface area (Å²) in [5.74, 6) is 0. The maximum absolute atomic E-state index is 8.39. The summed E-state index contributed by atoms with van der Waals surface area (Å²) >= 11 is 3.40. The van der Waals surface area contributed by atoms with Gasteiger partial charge in [0.2, 0.25) is 0 Å². The predicted octanol–water partition coefficient (Wildman–Crippen LogP) is 2.16. The molecule has 0 aromatic rings. The second kappa shape index (κ2) is 2.84. The van der Waals surface area contributed by atoms with Gasteiger partial charge in [-0.05, 0) is 12.5 Å². The van der Waals surface area contributed by atoms with Gasteiger partial charge in [-0.3, -0.25) is 0 Å². The second-order valence-corrected chi connectivity index (χ2v) is 3.06. The number of nitrogens with zero attached hydrogens (tertiary/aromatic N) is 1. The Hall–Kier alpha value is -0.550. The molecule has 1 rings (SSSR count). The van der Waals surface area contributed by atoms with E-state index >= 15 is 0 Å². The van der Waals surface area contributed by atoms with Crippen molar-refractivity contribution in [2.45, 2.75) is 11.2 Å². The van der Waals surface area contributed by atoms with Gasteiger partial charge >= 0.3 is 0 Å². The van der Waals surface area contributed by atoms with E-state index in [-0.39, 0.29) is 0 Å². The number of rotatable bonds is 0. The molecule has 0 fully saturated rings. The third-order valence-electron chi connectivity index (χ3n) is 1.18. The zero-order chi connectivity index (χ0) is 6.69. The van der Waals surface area contributed by atoms with Crippen LogP contribution >= 0.6 is 15.9 Å². The number of hydrogen-bond acceptors (Lipinski definition) is 1. The van der Waals surface area contributed by atoms with Crippen LogP contribution in [0.15, 0.2) is 23.8 Å². The van der Waals surface area contributed by atoms with Crippen molar-refractivity contribution < 1.29 is 0 Å². The van der Waals surface area contributed by atoms with Crippen LogP contribution in [0.1, 0.15) is 6.42 Å². The van der Waals surface area contributed by atoms with Gasteiger partial charge in [0.15, 0.2) is 0 Å². The molecular formula is C7H6BrN. The van der Waals surface area contributed by atoms with Crippen molar-refractivity contribution in [2.24, 2.45) is 0 Å². The van der Waals surface area contributed by atoms with E-state index in [0.717, 1.165) is 12.0 Å². The van der Waals surface area contributed by atoms with E-state index in [1.54, 1.807) is 0 Å². The predicted molar refractivity (Wildman–Crippen MR) is 40.2 cm³/mol. The summed E-state index contributed by atoms with van der Waals surface area (Å²) in [6.07, 6.45) is 6.68. The molecule has 0 amide bonds. The Morgan fingerprint density at radius 1 is 1.78 bits per heavy atom. The van der Waals surface area contributed by atoms with Crippen molar-refractivity contribution in [3.63, 3.8) is 0 Å². The lowest BCUT2D eigenvalue weighted by Crippen LogP contribution is -1.94. The average Bonchev–Trinajstić information content (AvgIpc) is 1.90. The van der Waals surface area contributed by atoms with Crippen LogP contribution < -0.4 is 0 Å². The smallest absolute Gasteiger partial charge is 0.0988 e. The first-order valence-corrected chi connectivity index (χ1v) is 3.67. The van der Waals surface area contributed by atoms with Crippen LogP contribution in [0.2, 0.25) is 0 Å². The monoisotopic (exact) mass is 183 g/mol. The zero-order valence-electron chi connectivity index (χ0n) is 4.84. The van der Waals surface area contributed by atoms with Crippen molar-refractivity contribution in [1.82, 2.24) is 0 Å². The van der Waals surface area contributed by atoms with Gasteiger partial charge < -0.3 is 0 Å². The third-order valence-corrected chi connectivity index (χ3v) is 1.86. The molecule has 0 spiro atoms. The van der Waals surface area contributed by atoms with Crippen molar-refractivity contribution in [3.8, 4) is 6.07 Å². The van der Waals surface area contributed by atoms with Gasteiger partial charge in [0.05, 0.1) is 6.07 Å². The minimum absolute atomic E-state index is 0.426. The lowest BCUT2D eigenvalue weighted by Gasteiger charge is -2.03. The minimum Gasteiger partial charge on any atom is -0.192 e. The molecule has 0 saturated heterocycles. The lowest BCUT2D eigenvalue weighted by atomic mass is 10.1. The van der Waals surface area contributed by atoms with Gasteiger partial charge in [0.1, 0.15) is 0 Å². The molecule has 0 heterocycles. The quantitative estimate of drug-likeness (QED) is 0.529. The molecule has 0 aromatic carbocycles. The highest BCUT2D eigenvalue weighted by molar-refractivity contribution is 9.09. The van der Waals surface area contributed by atoms with Crippen LogP contribution in [0, 0.1) is 11.3 Å². The summed E-state index contributed by atoms with van der Waals surface area (Å²) in [6.45, 7) is 0. The number of alkyl halides is 1. The maximum atomic E-state index is 8.39. The third kappa shape index (κ3) is 1.69. The highest BCUT2D eigenvalue weighted by Gasteiger charge is 2.02. The van der Waals surface area contributed by atoms with E-state index in [1.165, 1.54) is 0 Å². The van der Waals surface area contributed by atoms with Crippen molar-refractivity contribution in [1.29, 1.82) is 5.26 Å². The van der Waals surface area contributed by atoms with E-state index in [1.807, 2.05) is 18.2 Å². The van der Waals surface area contributed by atoms with E-state index in [4.69, 9.17) is 5.26 Å². The Bertz CT molecular complexity index is 197. The highest BCUT2D eigenvalue weighted by Crippen LogP contribution is 2.15. The SMILES string of the molecule is N#CC1=CCC(Br)C=C1. The molecule has 1 aliphatic carbocycles. The number of hydrogen-bond donors (Lipinski definition) is 0. The van der Waals surface area contributed by atoms with Gasteiger partial charge in [-0.2, -0.15) is 5.26 Å². The summed E-state index contributed by atoms with van der Waals surface area (Å²) in [4.78, 5) is 0.426. The largest absolute Gasteiger partial charge is 0.192 e. The summed E-state index contributed by atoms with van der Waals surface area (Å²) < 4.78 is 0. The van der Waals surface area contributed by atoms with Crippen LogP contribution in [0.4, 0.5) is 0 Å². The molecular weight excluding hydrogens is 178 g/mol. The first-order valence-electron chi connectivity index (χ1n) is 2.75. The van der Waals surface area contributed by atoms with Crippen molar-refractivity contribution in [2.75, 3.05) is 0 Å². The van der Waals surface area contributed by atoms with Gasteiger partial charge in [-0.25, -0.2) is 0 Å².